The molecule has 0 radical (unpaired) electrons. The Morgan fingerprint density at radius 3 is 2.51 bits per heavy atom. The summed E-state index contributed by atoms with van der Waals surface area (Å²) in [6.07, 6.45) is 5.62. The van der Waals surface area contributed by atoms with Crippen LogP contribution in [0.2, 0.25) is 0 Å². The van der Waals surface area contributed by atoms with Crippen LogP contribution in [0.5, 0.6) is 0 Å². The molecule has 2 aromatic heterocycles. The third kappa shape index (κ3) is 4.83. The maximum atomic E-state index is 14.3. The smallest absolute Gasteiger partial charge is 0.312 e. The molecule has 3 aromatic carbocycles. The van der Waals surface area contributed by atoms with Crippen LogP contribution in [0.1, 0.15) is 58.8 Å². The molecule has 2 fully saturated rings. The number of methoxy groups -OCH3 is 1. The molecule has 7 rings (SSSR count). The molecule has 7 nitrogen and oxygen atoms in total. The number of aromatic nitrogens is 3. The molecule has 0 N–H and O–H groups in total. The van der Waals surface area contributed by atoms with Gasteiger partial charge in [-0.3, -0.25) is 14.3 Å². The average molecular weight is 580 g/mol. The normalized spacial score (nSPS) is 16.5. The molecule has 1 aliphatic heterocycles. The van der Waals surface area contributed by atoms with Crippen LogP contribution in [0.25, 0.3) is 27.5 Å². The van der Waals surface area contributed by atoms with Gasteiger partial charge < -0.3 is 14.0 Å². The van der Waals surface area contributed by atoms with Gasteiger partial charge >= 0.3 is 5.97 Å². The van der Waals surface area contributed by atoms with Crippen molar-refractivity contribution in [1.29, 1.82) is 0 Å². The summed E-state index contributed by atoms with van der Waals surface area (Å²) in [5.41, 5.74) is 5.92. The van der Waals surface area contributed by atoms with Crippen molar-refractivity contribution in [3.63, 3.8) is 0 Å². The van der Waals surface area contributed by atoms with Crippen LogP contribution in [0.15, 0.2) is 66.9 Å². The quantitative estimate of drug-likeness (QED) is 0.151. The molecule has 1 saturated heterocycles. The van der Waals surface area contributed by atoms with Gasteiger partial charge in [0, 0.05) is 46.8 Å². The van der Waals surface area contributed by atoms with E-state index in [0.717, 1.165) is 70.0 Å². The van der Waals surface area contributed by atoms with Gasteiger partial charge in [0.1, 0.15) is 12.4 Å². The number of carbonyl (C=O) groups excluding carboxylic acids is 2. The Bertz CT molecular complexity index is 1860. The molecule has 0 atom stereocenters. The lowest BCUT2D eigenvalue weighted by atomic mass is 9.87. The number of carbonyl (C=O) groups is 2. The Kier molecular flexibility index (Phi) is 6.89. The summed E-state index contributed by atoms with van der Waals surface area (Å²) in [7, 11) is 1.46. The lowest BCUT2D eigenvalue weighted by Crippen LogP contribution is -2.23. The number of aryl methyl sites for hydroxylation is 1. The molecule has 0 bridgehead atoms. The van der Waals surface area contributed by atoms with E-state index >= 15 is 0 Å². The molecule has 8 heteroatoms. The van der Waals surface area contributed by atoms with Gasteiger partial charge in [0.2, 0.25) is 0 Å². The second kappa shape index (κ2) is 10.8. The molecule has 1 saturated carbocycles. The number of benzene rings is 3. The monoisotopic (exact) mass is 579 g/mol. The number of fused-ring (bicyclic) bond motifs is 2. The minimum absolute atomic E-state index is 0.0176. The number of hydrogen-bond acceptors (Lipinski definition) is 5. The average Bonchev–Trinajstić information content (AvgIpc) is 3.63. The van der Waals surface area contributed by atoms with Crippen LogP contribution in [0.4, 0.5) is 4.39 Å². The van der Waals surface area contributed by atoms with E-state index in [-0.39, 0.29) is 30.0 Å². The summed E-state index contributed by atoms with van der Waals surface area (Å²) >= 11 is 0. The summed E-state index contributed by atoms with van der Waals surface area (Å²) in [4.78, 5) is 26.2. The lowest BCUT2D eigenvalue weighted by molar-refractivity contribution is -0.147. The molecule has 3 heterocycles. The van der Waals surface area contributed by atoms with Crippen LogP contribution < -0.4 is 0 Å². The van der Waals surface area contributed by atoms with E-state index in [1.807, 2.05) is 43.3 Å². The Morgan fingerprint density at radius 2 is 1.81 bits per heavy atom. The maximum absolute atomic E-state index is 14.3. The Balaban J connectivity index is 1.47. The zero-order valence-corrected chi connectivity index (χ0v) is 24.4. The van der Waals surface area contributed by atoms with Crippen molar-refractivity contribution in [2.75, 3.05) is 20.3 Å². The van der Waals surface area contributed by atoms with Crippen molar-refractivity contribution in [3.05, 3.63) is 95.1 Å². The highest BCUT2D eigenvalue weighted by Crippen LogP contribution is 2.52. The summed E-state index contributed by atoms with van der Waals surface area (Å²) in [6, 6.07) is 18.4. The third-order valence-electron chi connectivity index (χ3n) is 9.26. The number of rotatable bonds is 8. The Hall–Kier alpha value is -4.30. The predicted molar refractivity (Wildman–Crippen MR) is 162 cm³/mol. The van der Waals surface area contributed by atoms with Crippen molar-refractivity contribution in [3.8, 4) is 5.69 Å². The standard InChI is InChI=1S/C35H34FN3O4/c1-22-16-26(36)8-9-29(22)39-31-17-25-20-37-38(21-32(40)23-6-4-3-5-7-23)30(25)18-27(31)28(19-35(12-13-35)34(41)42-2)33(39)24-10-14-43-15-11-24/h3-9,16-18,20,24H,10-15,19,21H2,1-2H3. The summed E-state index contributed by atoms with van der Waals surface area (Å²) < 4.78 is 29.4. The fraction of sp³-hybridized carbons (Fsp3) is 0.343. The number of ketones is 1. The zero-order valence-electron chi connectivity index (χ0n) is 24.4. The second-order valence-electron chi connectivity index (χ2n) is 12.0. The summed E-state index contributed by atoms with van der Waals surface area (Å²) in [5.74, 6) is -0.270. The Labute approximate surface area is 249 Å². The number of nitrogens with zero attached hydrogens (tertiary/aromatic N) is 3. The largest absolute Gasteiger partial charge is 0.469 e. The van der Waals surface area contributed by atoms with Crippen molar-refractivity contribution < 1.29 is 23.5 Å². The van der Waals surface area contributed by atoms with Crippen molar-refractivity contribution >= 4 is 33.6 Å². The van der Waals surface area contributed by atoms with Crippen LogP contribution in [0.3, 0.4) is 0 Å². The summed E-state index contributed by atoms with van der Waals surface area (Å²) in [6.45, 7) is 3.37. The first-order valence-corrected chi connectivity index (χ1v) is 14.9. The van der Waals surface area contributed by atoms with E-state index in [0.29, 0.717) is 25.2 Å². The molecular formula is C35H34FN3O4. The number of ether oxygens (including phenoxy) is 2. The van der Waals surface area contributed by atoms with Gasteiger partial charge in [0.25, 0.3) is 0 Å². The molecule has 220 valence electrons. The highest BCUT2D eigenvalue weighted by atomic mass is 19.1. The Morgan fingerprint density at radius 1 is 1.05 bits per heavy atom. The van der Waals surface area contributed by atoms with E-state index in [2.05, 4.69) is 21.8 Å². The molecule has 5 aromatic rings. The van der Waals surface area contributed by atoms with Gasteiger partial charge in [0.15, 0.2) is 5.78 Å². The highest BCUT2D eigenvalue weighted by molar-refractivity contribution is 6.01. The molecular weight excluding hydrogens is 545 g/mol. The molecule has 2 aliphatic rings. The van der Waals surface area contributed by atoms with E-state index in [9.17, 15) is 14.0 Å². The van der Waals surface area contributed by atoms with Gasteiger partial charge in [-0.25, -0.2) is 4.39 Å². The SMILES string of the molecule is COC(=O)C1(Cc2c(C3CCOCC3)n(-c3ccc(F)cc3C)c3cc4cnn(CC(=O)c5ccccc5)c4cc23)CC1. The van der Waals surface area contributed by atoms with E-state index in [1.165, 1.54) is 13.2 Å². The number of hydrogen-bond donors (Lipinski definition) is 0. The zero-order chi connectivity index (χ0) is 29.7. The van der Waals surface area contributed by atoms with E-state index < -0.39 is 5.41 Å². The van der Waals surface area contributed by atoms with Crippen LogP contribution in [-0.4, -0.2) is 46.4 Å². The first kappa shape index (κ1) is 27.5. The fourth-order valence-electron chi connectivity index (χ4n) is 6.79. The van der Waals surface area contributed by atoms with Crippen LogP contribution >= 0.6 is 0 Å². The minimum atomic E-state index is -0.551. The lowest BCUT2D eigenvalue weighted by Gasteiger charge is -2.27. The molecule has 0 unspecified atom stereocenters. The van der Waals surface area contributed by atoms with Gasteiger partial charge in [-0.05, 0) is 80.5 Å². The van der Waals surface area contributed by atoms with Crippen LogP contribution in [0, 0.1) is 18.2 Å². The second-order valence-corrected chi connectivity index (χ2v) is 12.0. The van der Waals surface area contributed by atoms with E-state index in [4.69, 9.17) is 9.47 Å². The van der Waals surface area contributed by atoms with Gasteiger partial charge in [-0.2, -0.15) is 5.10 Å². The first-order valence-electron chi connectivity index (χ1n) is 14.9. The van der Waals surface area contributed by atoms with Crippen molar-refractivity contribution in [1.82, 2.24) is 14.3 Å². The molecule has 1 aliphatic carbocycles. The fourth-order valence-corrected chi connectivity index (χ4v) is 6.79. The minimum Gasteiger partial charge on any atom is -0.469 e. The van der Waals surface area contributed by atoms with E-state index in [1.54, 1.807) is 16.9 Å². The maximum Gasteiger partial charge on any atom is 0.312 e. The number of esters is 1. The molecule has 0 amide bonds. The highest BCUT2D eigenvalue weighted by Gasteiger charge is 2.52. The summed E-state index contributed by atoms with van der Waals surface area (Å²) in [5, 5.41) is 6.54. The third-order valence-corrected chi connectivity index (χ3v) is 9.26. The molecule has 43 heavy (non-hydrogen) atoms. The van der Waals surface area contributed by atoms with Gasteiger partial charge in [-0.15, -0.1) is 0 Å². The first-order chi connectivity index (χ1) is 20.9. The predicted octanol–water partition coefficient (Wildman–Crippen LogP) is 6.70. The van der Waals surface area contributed by atoms with Crippen molar-refractivity contribution in [2.24, 2.45) is 5.41 Å². The number of Topliss-reactive ketones (excluding diaryl/α,β-unsaturated/α-hetero) is 1. The van der Waals surface area contributed by atoms with Gasteiger partial charge in [-0.1, -0.05) is 30.3 Å². The molecule has 0 spiro atoms. The van der Waals surface area contributed by atoms with Gasteiger partial charge in [0.05, 0.1) is 29.8 Å². The topological polar surface area (TPSA) is 75.3 Å². The van der Waals surface area contributed by atoms with Crippen molar-refractivity contribution in [2.45, 2.75) is 51.5 Å². The number of halogens is 1. The van der Waals surface area contributed by atoms with Crippen LogP contribution in [-0.2, 0) is 27.2 Å².